The van der Waals surface area contributed by atoms with Crippen LogP contribution in [0.2, 0.25) is 0 Å². The second kappa shape index (κ2) is 10.9. The number of nitrogens with two attached hydrogens (primary N) is 1. The molecule has 0 aliphatic carbocycles. The van der Waals surface area contributed by atoms with Crippen molar-refractivity contribution in [2.75, 3.05) is 25.4 Å². The first-order valence-corrected chi connectivity index (χ1v) is 9.05. The number of aliphatic hydroxyl groups is 3. The van der Waals surface area contributed by atoms with Crippen molar-refractivity contribution in [3.05, 3.63) is 29.8 Å². The van der Waals surface area contributed by atoms with Crippen molar-refractivity contribution in [2.45, 2.75) is 45.3 Å². The molecule has 1 aromatic carbocycles. The molecular weight excluding hydrogens is 350 g/mol. The van der Waals surface area contributed by atoms with Crippen molar-refractivity contribution in [1.29, 1.82) is 0 Å². The second-order valence-corrected chi connectivity index (χ2v) is 7.23. The van der Waals surface area contributed by atoms with Gasteiger partial charge in [0.15, 0.2) is 0 Å². The van der Waals surface area contributed by atoms with E-state index in [1.165, 1.54) is 0 Å². The van der Waals surface area contributed by atoms with E-state index >= 15 is 0 Å². The molecule has 0 aliphatic heterocycles. The van der Waals surface area contributed by atoms with Gasteiger partial charge in [0.2, 0.25) is 11.8 Å². The first-order chi connectivity index (χ1) is 12.7. The molecule has 0 saturated heterocycles. The summed E-state index contributed by atoms with van der Waals surface area (Å²) in [5.41, 5.74) is 6.08. The molecule has 0 aliphatic rings. The second-order valence-electron chi connectivity index (χ2n) is 7.23. The Morgan fingerprint density at radius 1 is 1.15 bits per heavy atom. The standard InChI is InChI=1S/C19H31N3O5/c1-19(2,12-23)17(26)18(27)22-11-9-16(25)21-10-5-8-15(24)13-6-3-4-7-14(13)20/h3-4,6-7,15,17,23-24,26H,5,8-12,20H2,1-2H3,(H,21,25)(H,22,27)/t15?,17-/m0/s1. The van der Waals surface area contributed by atoms with Crippen LogP contribution >= 0.6 is 0 Å². The summed E-state index contributed by atoms with van der Waals surface area (Å²) in [4.78, 5) is 23.6. The molecule has 0 aromatic heterocycles. The average Bonchev–Trinajstić information content (AvgIpc) is 2.64. The topological polar surface area (TPSA) is 145 Å². The van der Waals surface area contributed by atoms with Gasteiger partial charge in [-0.05, 0) is 18.9 Å². The van der Waals surface area contributed by atoms with Gasteiger partial charge in [-0.1, -0.05) is 32.0 Å². The van der Waals surface area contributed by atoms with Gasteiger partial charge in [0.1, 0.15) is 6.10 Å². The lowest BCUT2D eigenvalue weighted by Crippen LogP contribution is -2.46. The first-order valence-electron chi connectivity index (χ1n) is 9.05. The third kappa shape index (κ3) is 7.54. The number of rotatable bonds is 11. The number of benzene rings is 1. The highest BCUT2D eigenvalue weighted by molar-refractivity contribution is 5.82. The Labute approximate surface area is 159 Å². The number of nitrogen functional groups attached to an aromatic ring is 1. The predicted molar refractivity (Wildman–Crippen MR) is 103 cm³/mol. The number of nitrogens with one attached hydrogen (secondary N) is 2. The lowest BCUT2D eigenvalue weighted by Gasteiger charge is -2.27. The van der Waals surface area contributed by atoms with Crippen LogP contribution in [0.3, 0.4) is 0 Å². The quantitative estimate of drug-likeness (QED) is 0.237. The van der Waals surface area contributed by atoms with Gasteiger partial charge in [0.25, 0.3) is 0 Å². The van der Waals surface area contributed by atoms with Gasteiger partial charge >= 0.3 is 0 Å². The van der Waals surface area contributed by atoms with Gasteiger partial charge in [-0.2, -0.15) is 0 Å². The lowest BCUT2D eigenvalue weighted by molar-refractivity contribution is -0.137. The molecule has 1 rings (SSSR count). The molecule has 0 radical (unpaired) electrons. The Kier molecular flexibility index (Phi) is 9.20. The molecule has 8 heteroatoms. The molecular formula is C19H31N3O5. The van der Waals surface area contributed by atoms with E-state index in [1.54, 1.807) is 32.0 Å². The zero-order chi connectivity index (χ0) is 20.4. The van der Waals surface area contributed by atoms with Crippen LogP contribution in [0.1, 0.15) is 44.8 Å². The summed E-state index contributed by atoms with van der Waals surface area (Å²) in [5.74, 6) is -0.856. The number of hydrogen-bond donors (Lipinski definition) is 6. The van der Waals surface area contributed by atoms with E-state index in [0.717, 1.165) is 0 Å². The van der Waals surface area contributed by atoms with Crippen molar-refractivity contribution >= 4 is 17.5 Å². The number of hydrogen-bond acceptors (Lipinski definition) is 6. The van der Waals surface area contributed by atoms with Crippen LogP contribution in [0.25, 0.3) is 0 Å². The molecule has 152 valence electrons. The number of aliphatic hydroxyl groups excluding tert-OH is 3. The van der Waals surface area contributed by atoms with E-state index < -0.39 is 23.5 Å². The maximum absolute atomic E-state index is 11.8. The number of carbonyl (C=O) groups is 2. The third-order valence-electron chi connectivity index (χ3n) is 4.38. The van der Waals surface area contributed by atoms with Gasteiger partial charge in [-0.25, -0.2) is 0 Å². The Hall–Kier alpha value is -2.16. The summed E-state index contributed by atoms with van der Waals surface area (Å²) in [5, 5.41) is 34.3. The van der Waals surface area contributed by atoms with E-state index in [9.17, 15) is 19.8 Å². The van der Waals surface area contributed by atoms with Crippen molar-refractivity contribution < 1.29 is 24.9 Å². The van der Waals surface area contributed by atoms with Crippen molar-refractivity contribution in [2.24, 2.45) is 5.41 Å². The molecule has 0 saturated carbocycles. The van der Waals surface area contributed by atoms with Crippen LogP contribution in [0.15, 0.2) is 24.3 Å². The average molecular weight is 381 g/mol. The predicted octanol–water partition coefficient (Wildman–Crippen LogP) is 0.0843. The summed E-state index contributed by atoms with van der Waals surface area (Å²) < 4.78 is 0. The highest BCUT2D eigenvalue weighted by Gasteiger charge is 2.32. The normalized spacial score (nSPS) is 13.7. The molecule has 0 spiro atoms. The molecule has 1 aromatic rings. The Balaban J connectivity index is 2.21. The summed E-state index contributed by atoms with van der Waals surface area (Å²) >= 11 is 0. The number of anilines is 1. The van der Waals surface area contributed by atoms with Gasteiger partial charge in [-0.15, -0.1) is 0 Å². The summed E-state index contributed by atoms with van der Waals surface area (Å²) in [6, 6.07) is 7.11. The van der Waals surface area contributed by atoms with Crippen molar-refractivity contribution in [1.82, 2.24) is 10.6 Å². The minimum atomic E-state index is -1.35. The molecule has 0 heterocycles. The fourth-order valence-corrected chi connectivity index (χ4v) is 2.42. The maximum Gasteiger partial charge on any atom is 0.249 e. The minimum Gasteiger partial charge on any atom is -0.398 e. The highest BCUT2D eigenvalue weighted by atomic mass is 16.3. The number of amides is 2. The fourth-order valence-electron chi connectivity index (χ4n) is 2.42. The van der Waals surface area contributed by atoms with Crippen molar-refractivity contribution in [3.63, 3.8) is 0 Å². The van der Waals surface area contributed by atoms with Crippen LogP contribution in [0.5, 0.6) is 0 Å². The molecule has 8 nitrogen and oxygen atoms in total. The SMILES string of the molecule is CC(C)(CO)[C@@H](O)C(=O)NCCC(=O)NCCCC(O)c1ccccc1N. The monoisotopic (exact) mass is 381 g/mol. The van der Waals surface area contributed by atoms with Gasteiger partial charge < -0.3 is 31.7 Å². The maximum atomic E-state index is 11.8. The van der Waals surface area contributed by atoms with E-state index in [-0.39, 0.29) is 25.5 Å². The van der Waals surface area contributed by atoms with E-state index in [0.29, 0.717) is 30.6 Å². The first kappa shape index (κ1) is 22.9. The molecule has 0 bridgehead atoms. The van der Waals surface area contributed by atoms with E-state index in [1.807, 2.05) is 6.07 Å². The van der Waals surface area contributed by atoms with Crippen LogP contribution in [-0.4, -0.2) is 52.9 Å². The zero-order valence-electron chi connectivity index (χ0n) is 15.9. The van der Waals surface area contributed by atoms with E-state index in [2.05, 4.69) is 10.6 Å². The number of para-hydroxylation sites is 1. The minimum absolute atomic E-state index is 0.0756. The number of carbonyl (C=O) groups excluding carboxylic acids is 2. The van der Waals surface area contributed by atoms with E-state index in [4.69, 9.17) is 10.8 Å². The molecule has 1 unspecified atom stereocenters. The van der Waals surface area contributed by atoms with Crippen LogP contribution in [0, 0.1) is 5.41 Å². The fraction of sp³-hybridized carbons (Fsp3) is 0.579. The molecule has 2 atom stereocenters. The molecule has 0 fully saturated rings. The van der Waals surface area contributed by atoms with Crippen LogP contribution < -0.4 is 16.4 Å². The summed E-state index contributed by atoms with van der Waals surface area (Å²) in [7, 11) is 0. The third-order valence-corrected chi connectivity index (χ3v) is 4.38. The Morgan fingerprint density at radius 2 is 1.81 bits per heavy atom. The lowest BCUT2D eigenvalue weighted by atomic mass is 9.87. The summed E-state index contributed by atoms with van der Waals surface area (Å²) in [6.07, 6.45) is -0.909. The van der Waals surface area contributed by atoms with Gasteiger partial charge in [0.05, 0.1) is 12.7 Å². The highest BCUT2D eigenvalue weighted by Crippen LogP contribution is 2.23. The summed E-state index contributed by atoms with van der Waals surface area (Å²) in [6.45, 7) is 3.30. The molecule has 27 heavy (non-hydrogen) atoms. The molecule has 7 N–H and O–H groups in total. The van der Waals surface area contributed by atoms with Crippen LogP contribution in [0.4, 0.5) is 5.69 Å². The smallest absolute Gasteiger partial charge is 0.249 e. The van der Waals surface area contributed by atoms with Crippen molar-refractivity contribution in [3.8, 4) is 0 Å². The van der Waals surface area contributed by atoms with Crippen LogP contribution in [-0.2, 0) is 9.59 Å². The largest absolute Gasteiger partial charge is 0.398 e. The molecule has 2 amide bonds. The zero-order valence-corrected chi connectivity index (χ0v) is 15.9. The Morgan fingerprint density at radius 3 is 2.44 bits per heavy atom. The Bertz CT molecular complexity index is 621. The van der Waals surface area contributed by atoms with Gasteiger partial charge in [0, 0.05) is 36.2 Å². The van der Waals surface area contributed by atoms with Gasteiger partial charge in [-0.3, -0.25) is 9.59 Å².